The predicted octanol–water partition coefficient (Wildman–Crippen LogP) is 2.49. The molecule has 0 aliphatic carbocycles. The van der Waals surface area contributed by atoms with E-state index in [-0.39, 0.29) is 6.61 Å². The van der Waals surface area contributed by atoms with Gasteiger partial charge in [0.1, 0.15) is 5.60 Å². The molecular formula is C17H23NO3. The molecule has 0 aromatic heterocycles. The number of benzene rings is 1. The predicted molar refractivity (Wildman–Crippen MR) is 83.0 cm³/mol. The van der Waals surface area contributed by atoms with E-state index < -0.39 is 11.7 Å². The minimum absolute atomic E-state index is 0.154. The molecule has 0 fully saturated rings. The third-order valence-electron chi connectivity index (χ3n) is 2.51. The number of carbonyl (C=O) groups is 1. The molecule has 2 N–H and O–H groups in total. The number of aliphatic hydroxyl groups excluding tert-OH is 1. The summed E-state index contributed by atoms with van der Waals surface area (Å²) in [6, 6.07) is 7.77. The van der Waals surface area contributed by atoms with Gasteiger partial charge in [0.05, 0.1) is 0 Å². The molecule has 0 bridgehead atoms. The number of carbonyl (C=O) groups excluding carboxylic acids is 1. The van der Waals surface area contributed by atoms with Gasteiger partial charge in [-0.3, -0.25) is 0 Å². The quantitative estimate of drug-likeness (QED) is 0.661. The largest absolute Gasteiger partial charge is 0.444 e. The zero-order valence-corrected chi connectivity index (χ0v) is 12.9. The molecule has 4 heteroatoms. The number of hydrogen-bond donors (Lipinski definition) is 2. The van der Waals surface area contributed by atoms with Crippen LogP contribution in [0.1, 0.15) is 38.3 Å². The maximum atomic E-state index is 11.4. The highest BCUT2D eigenvalue weighted by molar-refractivity contribution is 5.67. The Kier molecular flexibility index (Phi) is 6.77. The summed E-state index contributed by atoms with van der Waals surface area (Å²) in [6.45, 7) is 6.10. The Morgan fingerprint density at radius 1 is 1.29 bits per heavy atom. The lowest BCUT2D eigenvalue weighted by Crippen LogP contribution is -2.32. The summed E-state index contributed by atoms with van der Waals surface area (Å²) in [5.74, 6) is 6.03. The van der Waals surface area contributed by atoms with Crippen molar-refractivity contribution in [1.82, 2.24) is 5.32 Å². The molecule has 4 nitrogen and oxygen atoms in total. The molecule has 0 spiro atoms. The van der Waals surface area contributed by atoms with Gasteiger partial charge in [-0.2, -0.15) is 0 Å². The van der Waals surface area contributed by atoms with Gasteiger partial charge in [-0.25, -0.2) is 4.79 Å². The maximum Gasteiger partial charge on any atom is 0.407 e. The summed E-state index contributed by atoms with van der Waals surface area (Å²) >= 11 is 0. The topological polar surface area (TPSA) is 58.6 Å². The van der Waals surface area contributed by atoms with Gasteiger partial charge >= 0.3 is 6.09 Å². The lowest BCUT2D eigenvalue weighted by molar-refractivity contribution is 0.0529. The van der Waals surface area contributed by atoms with Gasteiger partial charge in [-0.1, -0.05) is 24.0 Å². The molecule has 0 aliphatic rings. The number of ether oxygens (including phenoxy) is 1. The monoisotopic (exact) mass is 289 g/mol. The Balaban J connectivity index is 2.31. The van der Waals surface area contributed by atoms with Crippen LogP contribution in [0.25, 0.3) is 0 Å². The molecule has 1 amide bonds. The van der Waals surface area contributed by atoms with Crippen LogP contribution in [0.3, 0.4) is 0 Å². The van der Waals surface area contributed by atoms with E-state index in [1.165, 1.54) is 0 Å². The summed E-state index contributed by atoms with van der Waals surface area (Å²) in [4.78, 5) is 11.4. The van der Waals surface area contributed by atoms with Gasteiger partial charge in [0.25, 0.3) is 0 Å². The molecule has 0 saturated carbocycles. The van der Waals surface area contributed by atoms with Gasteiger partial charge in [0.15, 0.2) is 0 Å². The summed E-state index contributed by atoms with van der Waals surface area (Å²) in [5, 5.41) is 11.5. The zero-order chi connectivity index (χ0) is 15.7. The third-order valence-corrected chi connectivity index (χ3v) is 2.51. The van der Waals surface area contributed by atoms with Crippen LogP contribution >= 0.6 is 0 Å². The van der Waals surface area contributed by atoms with Crippen molar-refractivity contribution in [2.45, 2.75) is 39.2 Å². The first kappa shape index (κ1) is 17.1. The zero-order valence-electron chi connectivity index (χ0n) is 12.9. The highest BCUT2D eigenvalue weighted by Crippen LogP contribution is 2.06. The second-order valence-electron chi connectivity index (χ2n) is 5.65. The van der Waals surface area contributed by atoms with E-state index in [4.69, 9.17) is 9.84 Å². The van der Waals surface area contributed by atoms with Crippen LogP contribution < -0.4 is 5.32 Å². The van der Waals surface area contributed by atoms with Crippen LogP contribution in [0.2, 0.25) is 0 Å². The molecule has 0 radical (unpaired) electrons. The maximum absolute atomic E-state index is 11.4. The lowest BCUT2D eigenvalue weighted by Gasteiger charge is -2.19. The molecule has 114 valence electrons. The first-order valence-electron chi connectivity index (χ1n) is 7.06. The van der Waals surface area contributed by atoms with E-state index in [0.29, 0.717) is 19.4 Å². The number of rotatable bonds is 4. The molecule has 1 aromatic carbocycles. The summed E-state index contributed by atoms with van der Waals surface area (Å²) in [7, 11) is 0. The van der Waals surface area contributed by atoms with Crippen LogP contribution in [0, 0.1) is 11.8 Å². The van der Waals surface area contributed by atoms with Crippen LogP contribution in [0.4, 0.5) is 4.79 Å². The van der Waals surface area contributed by atoms with Gasteiger partial charge in [-0.15, -0.1) is 0 Å². The van der Waals surface area contributed by atoms with Crippen LogP contribution in [-0.2, 0) is 11.2 Å². The van der Waals surface area contributed by atoms with E-state index in [2.05, 4.69) is 17.2 Å². The van der Waals surface area contributed by atoms with Crippen molar-refractivity contribution in [1.29, 1.82) is 0 Å². The van der Waals surface area contributed by atoms with Crippen LogP contribution in [0.15, 0.2) is 24.3 Å². The van der Waals surface area contributed by atoms with Crippen molar-refractivity contribution in [3.63, 3.8) is 0 Å². The molecule has 1 aromatic rings. The van der Waals surface area contributed by atoms with Crippen molar-refractivity contribution in [2.24, 2.45) is 0 Å². The molecule has 0 heterocycles. The van der Waals surface area contributed by atoms with Gasteiger partial charge in [0, 0.05) is 25.1 Å². The lowest BCUT2D eigenvalue weighted by atomic mass is 10.1. The first-order valence-corrected chi connectivity index (χ1v) is 7.06. The summed E-state index contributed by atoms with van der Waals surface area (Å²) in [5.41, 5.74) is 1.54. The SMILES string of the molecule is CC(C)(C)OC(=O)NCCC#Cc1ccc(CCO)cc1. The van der Waals surface area contributed by atoms with Crippen molar-refractivity contribution >= 4 is 6.09 Å². The molecule has 0 aliphatic heterocycles. The van der Waals surface area contributed by atoms with Crippen LogP contribution in [-0.4, -0.2) is 30.0 Å². The standard InChI is InChI=1S/C17H23NO3/c1-17(2,3)21-16(20)18-12-5-4-6-14-7-9-15(10-8-14)11-13-19/h7-10,19H,5,11-13H2,1-3H3,(H,18,20). The fourth-order valence-corrected chi connectivity index (χ4v) is 1.59. The number of aliphatic hydroxyl groups is 1. The third kappa shape index (κ3) is 8.01. The summed E-state index contributed by atoms with van der Waals surface area (Å²) < 4.78 is 5.12. The minimum atomic E-state index is -0.480. The van der Waals surface area contributed by atoms with Crippen LogP contribution in [0.5, 0.6) is 0 Å². The Bertz CT molecular complexity index is 504. The average molecular weight is 289 g/mol. The van der Waals surface area contributed by atoms with E-state index >= 15 is 0 Å². The molecule has 1 rings (SSSR count). The second kappa shape index (κ2) is 8.33. The number of hydrogen-bond acceptors (Lipinski definition) is 3. The number of nitrogens with one attached hydrogen (secondary N) is 1. The highest BCUT2D eigenvalue weighted by Gasteiger charge is 2.15. The molecule has 0 unspecified atom stereocenters. The Morgan fingerprint density at radius 3 is 2.52 bits per heavy atom. The van der Waals surface area contributed by atoms with Gasteiger partial charge in [0.2, 0.25) is 0 Å². The smallest absolute Gasteiger partial charge is 0.407 e. The first-order chi connectivity index (χ1) is 9.90. The molecule has 0 atom stereocenters. The van der Waals surface area contributed by atoms with E-state index in [1.807, 2.05) is 45.0 Å². The minimum Gasteiger partial charge on any atom is -0.444 e. The Hall–Kier alpha value is -1.99. The van der Waals surface area contributed by atoms with E-state index in [1.54, 1.807) is 0 Å². The Labute approximate surface area is 126 Å². The van der Waals surface area contributed by atoms with E-state index in [9.17, 15) is 4.79 Å². The highest BCUT2D eigenvalue weighted by atomic mass is 16.6. The van der Waals surface area contributed by atoms with Gasteiger partial charge < -0.3 is 15.2 Å². The number of alkyl carbamates (subject to hydrolysis) is 1. The van der Waals surface area contributed by atoms with Crippen molar-refractivity contribution in [3.8, 4) is 11.8 Å². The molecule has 21 heavy (non-hydrogen) atoms. The second-order valence-corrected chi connectivity index (χ2v) is 5.65. The normalized spacial score (nSPS) is 10.5. The fourth-order valence-electron chi connectivity index (χ4n) is 1.59. The Morgan fingerprint density at radius 2 is 1.95 bits per heavy atom. The molecular weight excluding hydrogens is 266 g/mol. The average Bonchev–Trinajstić information content (AvgIpc) is 2.38. The summed E-state index contributed by atoms with van der Waals surface area (Å²) in [6.07, 6.45) is 0.808. The van der Waals surface area contributed by atoms with Crippen molar-refractivity contribution in [3.05, 3.63) is 35.4 Å². The number of amides is 1. The fraction of sp³-hybridized carbons (Fsp3) is 0.471. The van der Waals surface area contributed by atoms with Crippen molar-refractivity contribution < 1.29 is 14.6 Å². The van der Waals surface area contributed by atoms with Crippen molar-refractivity contribution in [2.75, 3.05) is 13.2 Å². The molecule has 0 saturated heterocycles. The van der Waals surface area contributed by atoms with Gasteiger partial charge in [-0.05, 0) is 44.9 Å². The van der Waals surface area contributed by atoms with E-state index in [0.717, 1.165) is 11.1 Å².